The minimum absolute atomic E-state index is 0.0117. The van der Waals surface area contributed by atoms with Crippen molar-refractivity contribution in [2.45, 2.75) is 50.5 Å². The van der Waals surface area contributed by atoms with Gasteiger partial charge in [0, 0.05) is 23.8 Å². The lowest BCUT2D eigenvalue weighted by Gasteiger charge is -2.19. The molecule has 0 unspecified atom stereocenters. The molecule has 0 spiro atoms. The number of amides is 1. The number of benzene rings is 2. The summed E-state index contributed by atoms with van der Waals surface area (Å²) >= 11 is 0. The van der Waals surface area contributed by atoms with Gasteiger partial charge in [0.25, 0.3) is 0 Å². The molecule has 3 rings (SSSR count). The normalized spacial score (nSPS) is 18.6. The molecule has 0 aromatic heterocycles. The Morgan fingerprint density at radius 3 is 2.37 bits per heavy atom. The van der Waals surface area contributed by atoms with Gasteiger partial charge in [-0.15, -0.1) is 0 Å². The second kappa shape index (κ2) is 8.30. The number of nitrogens with one attached hydrogen (secondary N) is 1. The average molecular weight is 432 g/mol. The van der Waals surface area contributed by atoms with E-state index in [9.17, 15) is 13.2 Å². The highest BCUT2D eigenvalue weighted by atomic mass is 32.2. The third-order valence-electron chi connectivity index (χ3n) is 4.84. The first-order valence-corrected chi connectivity index (χ1v) is 12.0. The summed E-state index contributed by atoms with van der Waals surface area (Å²) in [6.45, 7) is 5.53. The Kier molecular flexibility index (Phi) is 6.13. The van der Waals surface area contributed by atoms with Crippen LogP contribution in [0.15, 0.2) is 42.5 Å². The van der Waals surface area contributed by atoms with Gasteiger partial charge in [0.05, 0.1) is 12.9 Å². The van der Waals surface area contributed by atoms with Crippen molar-refractivity contribution >= 4 is 15.9 Å². The Morgan fingerprint density at radius 2 is 1.80 bits per heavy atom. The maximum atomic E-state index is 11.9. The summed E-state index contributed by atoms with van der Waals surface area (Å²) in [5, 5.41) is 2.91. The molecule has 1 saturated carbocycles. The summed E-state index contributed by atoms with van der Waals surface area (Å²) in [5.74, 6) is 0.947. The maximum absolute atomic E-state index is 11.9. The third kappa shape index (κ3) is 5.98. The van der Waals surface area contributed by atoms with Gasteiger partial charge < -0.3 is 14.8 Å². The highest BCUT2D eigenvalue weighted by molar-refractivity contribution is 7.89. The van der Waals surface area contributed by atoms with Crippen molar-refractivity contribution < 1.29 is 22.7 Å². The zero-order valence-corrected chi connectivity index (χ0v) is 18.9. The Labute approximate surface area is 178 Å². The molecule has 30 heavy (non-hydrogen) atoms. The van der Waals surface area contributed by atoms with E-state index in [-0.39, 0.29) is 23.8 Å². The number of ether oxygens (including phenoxy) is 2. The molecule has 0 bridgehead atoms. The summed E-state index contributed by atoms with van der Waals surface area (Å²) < 4.78 is 34.1. The van der Waals surface area contributed by atoms with Crippen molar-refractivity contribution in [3.05, 3.63) is 53.6 Å². The fourth-order valence-electron chi connectivity index (χ4n) is 3.46. The van der Waals surface area contributed by atoms with Crippen LogP contribution in [0.3, 0.4) is 0 Å². The Balaban J connectivity index is 1.72. The first-order valence-electron chi connectivity index (χ1n) is 9.90. The van der Waals surface area contributed by atoms with Gasteiger partial charge in [-0.1, -0.05) is 30.3 Å². The quantitative estimate of drug-likeness (QED) is 0.738. The van der Waals surface area contributed by atoms with Crippen LogP contribution in [0, 0.1) is 0 Å². The summed E-state index contributed by atoms with van der Waals surface area (Å²) in [6, 6.07) is 13.6. The number of hydrogen-bond acceptors (Lipinski definition) is 5. The molecule has 0 radical (unpaired) electrons. The summed E-state index contributed by atoms with van der Waals surface area (Å²) in [7, 11) is -1.52. The molecule has 0 heterocycles. The van der Waals surface area contributed by atoms with E-state index in [1.54, 1.807) is 19.2 Å². The van der Waals surface area contributed by atoms with Crippen molar-refractivity contribution in [2.24, 2.45) is 0 Å². The van der Waals surface area contributed by atoms with Gasteiger partial charge in [-0.25, -0.2) is 13.2 Å². The average Bonchev–Trinajstić information content (AvgIpc) is 3.37. The van der Waals surface area contributed by atoms with Crippen LogP contribution in [0.2, 0.25) is 0 Å². The van der Waals surface area contributed by atoms with Crippen LogP contribution in [0.1, 0.15) is 44.2 Å². The van der Waals surface area contributed by atoms with Gasteiger partial charge in [-0.2, -0.15) is 0 Å². The number of rotatable bonds is 6. The fraction of sp³-hybridized carbons (Fsp3) is 0.435. The van der Waals surface area contributed by atoms with Gasteiger partial charge in [0.2, 0.25) is 0 Å². The van der Waals surface area contributed by atoms with Crippen molar-refractivity contribution in [2.75, 3.05) is 13.4 Å². The maximum Gasteiger partial charge on any atom is 0.407 e. The first-order chi connectivity index (χ1) is 13.9. The number of methoxy groups -OCH3 is 1. The SMILES string of the molecule is COc1ccc(CS(C)(=O)=O)cc1-c1ccc([C@H]2C[C@@H]2NC(=O)OC(C)(C)C)cc1. The monoisotopic (exact) mass is 431 g/mol. The number of hydrogen-bond donors (Lipinski definition) is 1. The molecule has 162 valence electrons. The minimum atomic E-state index is -3.12. The lowest BCUT2D eigenvalue weighted by atomic mass is 10.00. The van der Waals surface area contributed by atoms with E-state index in [2.05, 4.69) is 5.32 Å². The molecule has 7 heteroatoms. The summed E-state index contributed by atoms with van der Waals surface area (Å²) in [4.78, 5) is 11.9. The molecule has 6 nitrogen and oxygen atoms in total. The number of sulfone groups is 1. The predicted octanol–water partition coefficient (Wildman–Crippen LogP) is 4.29. The van der Waals surface area contributed by atoms with E-state index in [1.807, 2.05) is 51.1 Å². The molecule has 2 atom stereocenters. The van der Waals surface area contributed by atoms with Gasteiger partial charge in [-0.05, 0) is 56.0 Å². The molecular formula is C23H29NO5S. The molecule has 0 saturated heterocycles. The Bertz CT molecular complexity index is 1020. The molecule has 2 aromatic rings. The Morgan fingerprint density at radius 1 is 1.13 bits per heavy atom. The first kappa shape index (κ1) is 22.2. The van der Waals surface area contributed by atoms with Crippen LogP contribution in [0.5, 0.6) is 5.75 Å². The minimum Gasteiger partial charge on any atom is -0.496 e. The van der Waals surface area contributed by atoms with Crippen molar-refractivity contribution in [3.8, 4) is 16.9 Å². The van der Waals surface area contributed by atoms with Gasteiger partial charge in [-0.3, -0.25) is 0 Å². The van der Waals surface area contributed by atoms with Gasteiger partial charge >= 0.3 is 6.09 Å². The van der Waals surface area contributed by atoms with Crippen LogP contribution in [-0.4, -0.2) is 39.5 Å². The van der Waals surface area contributed by atoms with E-state index in [0.717, 1.165) is 28.7 Å². The zero-order chi connectivity index (χ0) is 22.1. The molecule has 1 fully saturated rings. The standard InChI is InChI=1S/C23H29NO5S/c1-23(2,3)29-22(25)24-20-13-18(20)16-7-9-17(10-8-16)19-12-15(14-30(5,26)27)6-11-21(19)28-4/h6-12,18,20H,13-14H2,1-5H3,(H,24,25)/t18-,20+/m1/s1. The van der Waals surface area contributed by atoms with E-state index in [1.165, 1.54) is 6.26 Å². The smallest absolute Gasteiger partial charge is 0.407 e. The second-order valence-corrected chi connectivity index (χ2v) is 11.0. The molecule has 1 N–H and O–H groups in total. The summed E-state index contributed by atoms with van der Waals surface area (Å²) in [5.41, 5.74) is 3.15. The highest BCUT2D eigenvalue weighted by Crippen LogP contribution is 2.42. The lowest BCUT2D eigenvalue weighted by Crippen LogP contribution is -2.34. The fourth-order valence-corrected chi connectivity index (χ4v) is 4.25. The lowest BCUT2D eigenvalue weighted by molar-refractivity contribution is 0.0523. The largest absolute Gasteiger partial charge is 0.496 e. The Hall–Kier alpha value is -2.54. The van der Waals surface area contributed by atoms with Gasteiger partial charge in [0.15, 0.2) is 9.84 Å². The van der Waals surface area contributed by atoms with Crippen LogP contribution in [-0.2, 0) is 20.3 Å². The van der Waals surface area contributed by atoms with Crippen LogP contribution >= 0.6 is 0 Å². The zero-order valence-electron chi connectivity index (χ0n) is 18.1. The van der Waals surface area contributed by atoms with Gasteiger partial charge in [0.1, 0.15) is 11.4 Å². The van der Waals surface area contributed by atoms with Crippen LogP contribution < -0.4 is 10.1 Å². The van der Waals surface area contributed by atoms with Crippen molar-refractivity contribution in [3.63, 3.8) is 0 Å². The predicted molar refractivity (Wildman–Crippen MR) is 117 cm³/mol. The van der Waals surface area contributed by atoms with E-state index in [0.29, 0.717) is 5.75 Å². The number of alkyl carbamates (subject to hydrolysis) is 1. The van der Waals surface area contributed by atoms with E-state index >= 15 is 0 Å². The molecule has 1 amide bonds. The van der Waals surface area contributed by atoms with Crippen molar-refractivity contribution in [1.29, 1.82) is 0 Å². The van der Waals surface area contributed by atoms with Crippen molar-refractivity contribution in [1.82, 2.24) is 5.32 Å². The molecule has 1 aliphatic rings. The van der Waals surface area contributed by atoms with E-state index < -0.39 is 15.4 Å². The summed E-state index contributed by atoms with van der Waals surface area (Å²) in [6.07, 6.45) is 1.72. The molecule has 1 aliphatic carbocycles. The number of carbonyl (C=O) groups excluding carboxylic acids is 1. The molecule has 2 aromatic carbocycles. The third-order valence-corrected chi connectivity index (χ3v) is 5.69. The second-order valence-electron chi connectivity index (χ2n) is 8.82. The topological polar surface area (TPSA) is 81.7 Å². The van der Waals surface area contributed by atoms with Crippen LogP contribution in [0.25, 0.3) is 11.1 Å². The molecule has 0 aliphatic heterocycles. The number of carbonyl (C=O) groups is 1. The van der Waals surface area contributed by atoms with E-state index in [4.69, 9.17) is 9.47 Å². The highest BCUT2D eigenvalue weighted by Gasteiger charge is 2.40. The van der Waals surface area contributed by atoms with Crippen LogP contribution in [0.4, 0.5) is 4.79 Å². The molecular weight excluding hydrogens is 402 g/mol.